The summed E-state index contributed by atoms with van der Waals surface area (Å²) in [7, 11) is 1.40. The Kier molecular flexibility index (Phi) is 6.30. The van der Waals surface area contributed by atoms with Crippen LogP contribution in [0.3, 0.4) is 0 Å². The zero-order valence-corrected chi connectivity index (χ0v) is 14.3. The Hall–Kier alpha value is -2.37. The minimum atomic E-state index is -0.852. The van der Waals surface area contributed by atoms with Gasteiger partial charge >= 0.3 is 6.09 Å². The molecule has 0 aliphatic carbocycles. The molecule has 0 fully saturated rings. The molecular weight excluding hydrogens is 296 g/mol. The molecule has 1 N–H and O–H groups in total. The molecule has 0 heterocycles. The molecule has 1 rings (SSSR count). The number of likely N-dealkylation sites (N-methyl/N-ethyl adjacent to an activating group) is 1. The normalized spacial score (nSPS) is 12.2. The maximum absolute atomic E-state index is 12.2. The van der Waals surface area contributed by atoms with E-state index in [0.717, 1.165) is 10.5 Å². The van der Waals surface area contributed by atoms with Crippen LogP contribution in [0.2, 0.25) is 0 Å². The number of amides is 3. The first kappa shape index (κ1) is 18.7. The van der Waals surface area contributed by atoms with Gasteiger partial charge in [0.15, 0.2) is 0 Å². The van der Waals surface area contributed by atoms with Crippen LogP contribution >= 0.6 is 0 Å². The van der Waals surface area contributed by atoms with Gasteiger partial charge in [-0.25, -0.2) is 4.79 Å². The van der Waals surface area contributed by atoms with Gasteiger partial charge < -0.3 is 10.1 Å². The van der Waals surface area contributed by atoms with Crippen molar-refractivity contribution in [3.8, 4) is 0 Å². The number of ether oxygens (including phenoxy) is 1. The second-order valence-electron chi connectivity index (χ2n) is 6.32. The summed E-state index contributed by atoms with van der Waals surface area (Å²) in [5.74, 6) is -0.823. The Bertz CT molecular complexity index is 564. The fourth-order valence-corrected chi connectivity index (χ4v) is 1.85. The molecular formula is C17H24N2O4. The third-order valence-electron chi connectivity index (χ3n) is 3.01. The fraction of sp³-hybridized carbons (Fsp3) is 0.471. The van der Waals surface area contributed by atoms with Crippen LogP contribution in [0.5, 0.6) is 0 Å². The van der Waals surface area contributed by atoms with Crippen molar-refractivity contribution in [2.75, 3.05) is 7.05 Å². The number of imide groups is 1. The second kappa shape index (κ2) is 7.76. The van der Waals surface area contributed by atoms with Crippen molar-refractivity contribution < 1.29 is 19.1 Å². The van der Waals surface area contributed by atoms with E-state index in [1.165, 1.54) is 14.0 Å². The molecule has 0 aliphatic heterocycles. The topological polar surface area (TPSA) is 75.7 Å². The maximum atomic E-state index is 12.2. The fourth-order valence-electron chi connectivity index (χ4n) is 1.85. The molecule has 126 valence electrons. The number of benzene rings is 1. The van der Waals surface area contributed by atoms with Gasteiger partial charge in [-0.15, -0.1) is 0 Å². The quantitative estimate of drug-likeness (QED) is 0.922. The Morgan fingerprint density at radius 3 is 2.26 bits per heavy atom. The molecule has 0 unspecified atom stereocenters. The summed E-state index contributed by atoms with van der Waals surface area (Å²) >= 11 is 0. The summed E-state index contributed by atoms with van der Waals surface area (Å²) in [6, 6.07) is 8.30. The molecule has 1 aromatic carbocycles. The molecule has 0 aliphatic rings. The molecule has 1 aromatic rings. The lowest BCUT2D eigenvalue weighted by Crippen LogP contribution is -2.49. The summed E-state index contributed by atoms with van der Waals surface area (Å²) in [4.78, 5) is 37.0. The summed E-state index contributed by atoms with van der Waals surface area (Å²) in [6.07, 6.45) is -0.565. The minimum Gasteiger partial charge on any atom is -0.444 e. The highest BCUT2D eigenvalue weighted by Gasteiger charge is 2.25. The van der Waals surface area contributed by atoms with E-state index >= 15 is 0 Å². The summed E-state index contributed by atoms with van der Waals surface area (Å²) in [5, 5.41) is 2.43. The largest absolute Gasteiger partial charge is 0.444 e. The molecule has 0 aromatic heterocycles. The molecule has 3 amide bonds. The molecule has 0 spiro atoms. The van der Waals surface area contributed by atoms with Crippen molar-refractivity contribution >= 4 is 17.9 Å². The first-order chi connectivity index (χ1) is 10.6. The highest BCUT2D eigenvalue weighted by molar-refractivity contribution is 5.99. The van der Waals surface area contributed by atoms with Gasteiger partial charge in [-0.1, -0.05) is 30.3 Å². The van der Waals surface area contributed by atoms with Crippen LogP contribution in [0, 0.1) is 0 Å². The number of hydrogen-bond acceptors (Lipinski definition) is 4. The predicted octanol–water partition coefficient (Wildman–Crippen LogP) is 2.13. The number of nitrogens with one attached hydrogen (secondary N) is 1. The van der Waals surface area contributed by atoms with Gasteiger partial charge in [-0.3, -0.25) is 14.5 Å². The zero-order chi connectivity index (χ0) is 17.6. The van der Waals surface area contributed by atoms with Gasteiger partial charge in [0.1, 0.15) is 11.6 Å². The van der Waals surface area contributed by atoms with Crippen molar-refractivity contribution in [3.63, 3.8) is 0 Å². The van der Waals surface area contributed by atoms with Crippen LogP contribution < -0.4 is 5.32 Å². The molecule has 0 saturated heterocycles. The summed E-state index contributed by atoms with van der Waals surface area (Å²) in [6.45, 7) is 6.70. The van der Waals surface area contributed by atoms with Crippen LogP contribution in [0.25, 0.3) is 0 Å². The average molecular weight is 320 g/mol. The van der Waals surface area contributed by atoms with E-state index < -0.39 is 23.6 Å². The van der Waals surface area contributed by atoms with Crippen molar-refractivity contribution in [1.82, 2.24) is 10.2 Å². The number of alkyl carbamates (subject to hydrolysis) is 1. The number of rotatable bonds is 4. The van der Waals surface area contributed by atoms with E-state index in [4.69, 9.17) is 4.74 Å². The SMILES string of the molecule is C[C@H](NC(=O)OC(C)(C)C)C(=O)N(C)C(=O)Cc1ccccc1. The van der Waals surface area contributed by atoms with Crippen LogP contribution in [0.15, 0.2) is 30.3 Å². The lowest BCUT2D eigenvalue weighted by molar-refractivity contribution is -0.143. The van der Waals surface area contributed by atoms with Crippen LogP contribution in [0.1, 0.15) is 33.3 Å². The Morgan fingerprint density at radius 2 is 1.74 bits per heavy atom. The van der Waals surface area contributed by atoms with E-state index in [9.17, 15) is 14.4 Å². The monoisotopic (exact) mass is 320 g/mol. The van der Waals surface area contributed by atoms with E-state index in [2.05, 4.69) is 5.32 Å². The van der Waals surface area contributed by atoms with Gasteiger partial charge in [-0.05, 0) is 33.3 Å². The van der Waals surface area contributed by atoms with Crippen LogP contribution in [0.4, 0.5) is 4.79 Å². The maximum Gasteiger partial charge on any atom is 0.408 e. The summed E-state index contributed by atoms with van der Waals surface area (Å²) < 4.78 is 5.09. The smallest absolute Gasteiger partial charge is 0.408 e. The first-order valence-electron chi connectivity index (χ1n) is 7.44. The number of nitrogens with zero attached hydrogens (tertiary/aromatic N) is 1. The Balaban J connectivity index is 2.58. The van der Waals surface area contributed by atoms with Gasteiger partial charge in [0.05, 0.1) is 6.42 Å². The van der Waals surface area contributed by atoms with Crippen molar-refractivity contribution in [1.29, 1.82) is 0 Å². The van der Waals surface area contributed by atoms with E-state index in [1.54, 1.807) is 20.8 Å². The molecule has 0 radical (unpaired) electrons. The first-order valence-corrected chi connectivity index (χ1v) is 7.44. The molecule has 0 bridgehead atoms. The van der Waals surface area contributed by atoms with Crippen molar-refractivity contribution in [2.45, 2.75) is 45.8 Å². The third-order valence-corrected chi connectivity index (χ3v) is 3.01. The third kappa shape index (κ3) is 6.50. The van der Waals surface area contributed by atoms with E-state index in [1.807, 2.05) is 30.3 Å². The highest BCUT2D eigenvalue weighted by atomic mass is 16.6. The zero-order valence-electron chi connectivity index (χ0n) is 14.3. The van der Waals surface area contributed by atoms with Gasteiger partial charge in [0, 0.05) is 7.05 Å². The van der Waals surface area contributed by atoms with E-state index in [-0.39, 0.29) is 12.3 Å². The molecule has 6 nitrogen and oxygen atoms in total. The molecule has 1 atom stereocenters. The highest BCUT2D eigenvalue weighted by Crippen LogP contribution is 2.07. The van der Waals surface area contributed by atoms with Crippen LogP contribution in [-0.2, 0) is 20.7 Å². The Labute approximate surface area is 136 Å². The molecule has 0 saturated carbocycles. The van der Waals surface area contributed by atoms with Crippen molar-refractivity contribution in [2.24, 2.45) is 0 Å². The number of carbonyl (C=O) groups excluding carboxylic acids is 3. The minimum absolute atomic E-state index is 0.127. The molecule has 23 heavy (non-hydrogen) atoms. The number of hydrogen-bond donors (Lipinski definition) is 1. The van der Waals surface area contributed by atoms with Gasteiger partial charge in [0.2, 0.25) is 5.91 Å². The van der Waals surface area contributed by atoms with Gasteiger partial charge in [0.25, 0.3) is 5.91 Å². The van der Waals surface area contributed by atoms with Crippen LogP contribution in [-0.4, -0.2) is 41.5 Å². The Morgan fingerprint density at radius 1 is 1.17 bits per heavy atom. The lowest BCUT2D eigenvalue weighted by Gasteiger charge is -2.23. The molecule has 6 heteroatoms. The number of carbonyl (C=O) groups is 3. The van der Waals surface area contributed by atoms with E-state index in [0.29, 0.717) is 0 Å². The second-order valence-corrected chi connectivity index (χ2v) is 6.32. The van der Waals surface area contributed by atoms with Crippen molar-refractivity contribution in [3.05, 3.63) is 35.9 Å². The average Bonchev–Trinajstić information content (AvgIpc) is 2.44. The summed E-state index contributed by atoms with van der Waals surface area (Å²) in [5.41, 5.74) is 0.173. The lowest BCUT2D eigenvalue weighted by atomic mass is 10.1. The van der Waals surface area contributed by atoms with Gasteiger partial charge in [-0.2, -0.15) is 0 Å². The predicted molar refractivity (Wildman–Crippen MR) is 86.8 cm³/mol. The standard InChI is InChI=1S/C17H24N2O4/c1-12(18-16(22)23-17(2,3)4)15(21)19(5)14(20)11-13-9-7-6-8-10-13/h6-10,12H,11H2,1-5H3,(H,18,22)/t12-/m0/s1.